The number of para-hydroxylation sites is 1. The third kappa shape index (κ3) is 8.21. The Hall–Kier alpha value is -7.49. The third-order valence-electron chi connectivity index (χ3n) is 9.71. The average molecular weight is 783 g/mol. The molecule has 16 heteroatoms. The van der Waals surface area contributed by atoms with Crippen LogP contribution in [0.1, 0.15) is 67.2 Å². The van der Waals surface area contributed by atoms with Gasteiger partial charge in [-0.2, -0.15) is 0 Å². The van der Waals surface area contributed by atoms with E-state index in [4.69, 9.17) is 4.74 Å². The number of carbonyl (C=O) groups excluding carboxylic acids is 7. The Morgan fingerprint density at radius 3 is 2.34 bits per heavy atom. The van der Waals surface area contributed by atoms with Crippen LogP contribution in [0.15, 0.2) is 91.3 Å². The van der Waals surface area contributed by atoms with Crippen molar-refractivity contribution in [3.63, 3.8) is 0 Å². The molecule has 2 aliphatic rings. The second-order valence-electron chi connectivity index (χ2n) is 13.5. The molecule has 7 rings (SSSR count). The number of hydrogen-bond donors (Lipinski definition) is 5. The molecular weight excluding hydrogens is 745 g/mol. The first kappa shape index (κ1) is 38.8. The molecule has 3 aromatic carbocycles. The van der Waals surface area contributed by atoms with E-state index >= 15 is 0 Å². The molecule has 0 bridgehead atoms. The molecule has 7 amide bonds. The fourth-order valence-electron chi connectivity index (χ4n) is 6.75. The minimum atomic E-state index is -1.12. The average Bonchev–Trinajstić information content (AvgIpc) is 3.50. The van der Waals surface area contributed by atoms with Crippen molar-refractivity contribution in [2.24, 2.45) is 0 Å². The number of carbonyl (C=O) groups is 7. The molecular formula is C42H38N8O8. The van der Waals surface area contributed by atoms with Gasteiger partial charge in [0.05, 0.1) is 27.9 Å². The quantitative estimate of drug-likeness (QED) is 0.0811. The smallest absolute Gasteiger partial charge is 0.269 e. The number of fused-ring (bicyclic) bond motifs is 2. The second-order valence-corrected chi connectivity index (χ2v) is 13.5. The maximum absolute atomic E-state index is 13.2. The zero-order chi connectivity index (χ0) is 40.8. The summed E-state index contributed by atoms with van der Waals surface area (Å²) >= 11 is 0. The lowest BCUT2D eigenvalue weighted by Crippen LogP contribution is -2.54. The number of rotatable bonds is 14. The highest BCUT2D eigenvalue weighted by Crippen LogP contribution is 2.34. The topological polar surface area (TPSA) is 218 Å². The number of piperidine rings is 1. The lowest BCUT2D eigenvalue weighted by atomic mass is 10.0. The summed E-state index contributed by atoms with van der Waals surface area (Å²) in [6, 6.07) is 21.9. The van der Waals surface area contributed by atoms with Crippen LogP contribution in [-0.4, -0.2) is 89.0 Å². The SMILES string of the molecule is CNC(=O)c1cnc2ccc(-c3ccc(C(=O)NCCCCNC(=O)COc4cccc5c4C(=O)N(C4CCC(=O)NC4=O)C5=O)nc3)cc2c1Nc1ccccc1. The Bertz CT molecular complexity index is 2460. The van der Waals surface area contributed by atoms with Crippen molar-refractivity contribution in [2.75, 3.05) is 32.1 Å². The third-order valence-corrected chi connectivity index (χ3v) is 9.71. The van der Waals surface area contributed by atoms with Crippen LogP contribution in [0.4, 0.5) is 11.4 Å². The molecule has 4 heterocycles. The molecule has 5 N–H and O–H groups in total. The molecule has 58 heavy (non-hydrogen) atoms. The number of nitrogens with one attached hydrogen (secondary N) is 5. The van der Waals surface area contributed by atoms with Crippen molar-refractivity contribution < 1.29 is 38.3 Å². The van der Waals surface area contributed by atoms with Gasteiger partial charge in [-0.15, -0.1) is 0 Å². The maximum atomic E-state index is 13.2. The monoisotopic (exact) mass is 782 g/mol. The van der Waals surface area contributed by atoms with Gasteiger partial charge in [-0.1, -0.05) is 36.4 Å². The Kier molecular flexibility index (Phi) is 11.4. The number of amides is 7. The van der Waals surface area contributed by atoms with Crippen molar-refractivity contribution >= 4 is 63.6 Å². The van der Waals surface area contributed by atoms with Crippen molar-refractivity contribution in [1.82, 2.24) is 36.1 Å². The van der Waals surface area contributed by atoms with E-state index < -0.39 is 42.2 Å². The van der Waals surface area contributed by atoms with Gasteiger partial charge in [0.1, 0.15) is 17.5 Å². The number of benzene rings is 3. The van der Waals surface area contributed by atoms with Crippen LogP contribution in [0.3, 0.4) is 0 Å². The first-order valence-electron chi connectivity index (χ1n) is 18.6. The van der Waals surface area contributed by atoms with Gasteiger partial charge in [0.2, 0.25) is 11.8 Å². The fourth-order valence-corrected chi connectivity index (χ4v) is 6.75. The Labute approximate surface area is 331 Å². The molecule has 1 atom stereocenters. The molecule has 5 aromatic rings. The summed E-state index contributed by atoms with van der Waals surface area (Å²) in [5.74, 6) is -3.65. The number of anilines is 2. The standard InChI is InChI=1S/C42H38N8O8/c1-43-38(53)29-22-47-30-14-12-24(20-28(30)37(29)48-26-8-3-2-4-9-26)25-13-15-31(46-21-25)39(54)45-19-6-5-18-44-35(52)23-58-33-11-7-10-27-36(33)42(57)50(41(27)56)32-16-17-34(51)49-40(32)55/h2-4,7-15,20-22,32H,5-6,16-19,23H2,1H3,(H,43,53)(H,44,52)(H,45,54)(H,47,48)(H,49,51,55). The molecule has 2 aromatic heterocycles. The summed E-state index contributed by atoms with van der Waals surface area (Å²) in [5, 5.41) is 14.5. The lowest BCUT2D eigenvalue weighted by molar-refractivity contribution is -0.136. The number of imide groups is 2. The van der Waals surface area contributed by atoms with Gasteiger partial charge in [-0.25, -0.2) is 0 Å². The highest BCUT2D eigenvalue weighted by molar-refractivity contribution is 6.24. The van der Waals surface area contributed by atoms with Crippen LogP contribution in [0.5, 0.6) is 5.75 Å². The summed E-state index contributed by atoms with van der Waals surface area (Å²) in [7, 11) is 1.57. The second kappa shape index (κ2) is 17.1. The van der Waals surface area contributed by atoms with E-state index in [2.05, 4.69) is 36.6 Å². The fraction of sp³-hybridized carbons (Fsp3) is 0.214. The summed E-state index contributed by atoms with van der Waals surface area (Å²) < 4.78 is 5.62. The van der Waals surface area contributed by atoms with Gasteiger partial charge >= 0.3 is 0 Å². The molecule has 1 saturated heterocycles. The maximum Gasteiger partial charge on any atom is 0.269 e. The number of hydrogen-bond acceptors (Lipinski definition) is 11. The first-order valence-corrected chi connectivity index (χ1v) is 18.6. The molecule has 2 aliphatic heterocycles. The normalized spacial score (nSPS) is 14.8. The van der Waals surface area contributed by atoms with Gasteiger partial charge in [0.15, 0.2) is 6.61 Å². The van der Waals surface area contributed by atoms with E-state index in [-0.39, 0.29) is 47.2 Å². The largest absolute Gasteiger partial charge is 0.483 e. The van der Waals surface area contributed by atoms with E-state index in [1.54, 1.807) is 31.6 Å². The number of pyridine rings is 2. The molecule has 0 aliphatic carbocycles. The van der Waals surface area contributed by atoms with E-state index in [1.807, 2.05) is 48.5 Å². The van der Waals surface area contributed by atoms with Crippen molar-refractivity contribution in [2.45, 2.75) is 31.7 Å². The van der Waals surface area contributed by atoms with E-state index in [0.29, 0.717) is 42.7 Å². The lowest BCUT2D eigenvalue weighted by Gasteiger charge is -2.27. The van der Waals surface area contributed by atoms with Crippen LogP contribution < -0.4 is 31.3 Å². The number of aromatic nitrogens is 2. The van der Waals surface area contributed by atoms with Gasteiger partial charge in [-0.3, -0.25) is 53.7 Å². The van der Waals surface area contributed by atoms with Gasteiger partial charge in [-0.05, 0) is 67.3 Å². The van der Waals surface area contributed by atoms with E-state index in [9.17, 15) is 33.6 Å². The molecule has 0 saturated carbocycles. The zero-order valence-corrected chi connectivity index (χ0v) is 31.3. The molecule has 0 radical (unpaired) electrons. The Morgan fingerprint density at radius 1 is 0.828 bits per heavy atom. The van der Waals surface area contributed by atoms with Crippen molar-refractivity contribution in [3.8, 4) is 16.9 Å². The molecule has 16 nitrogen and oxygen atoms in total. The minimum absolute atomic E-state index is 0.00236. The Balaban J connectivity index is 0.879. The summed E-state index contributed by atoms with van der Waals surface area (Å²) in [5.41, 5.74) is 4.34. The molecule has 294 valence electrons. The van der Waals surface area contributed by atoms with Gasteiger partial charge in [0.25, 0.3) is 29.5 Å². The van der Waals surface area contributed by atoms with Gasteiger partial charge < -0.3 is 26.0 Å². The first-order chi connectivity index (χ1) is 28.1. The minimum Gasteiger partial charge on any atom is -0.483 e. The van der Waals surface area contributed by atoms with Crippen molar-refractivity contribution in [1.29, 1.82) is 0 Å². The number of ether oxygens (including phenoxy) is 1. The summed E-state index contributed by atoms with van der Waals surface area (Å²) in [6.07, 6.45) is 4.28. The summed E-state index contributed by atoms with van der Waals surface area (Å²) in [4.78, 5) is 98.0. The molecule has 1 unspecified atom stereocenters. The predicted octanol–water partition coefficient (Wildman–Crippen LogP) is 3.51. The molecule has 0 spiro atoms. The highest BCUT2D eigenvalue weighted by atomic mass is 16.5. The predicted molar refractivity (Wildman–Crippen MR) is 211 cm³/mol. The van der Waals surface area contributed by atoms with E-state index in [1.165, 1.54) is 18.2 Å². The van der Waals surface area contributed by atoms with Crippen LogP contribution in [0, 0.1) is 0 Å². The van der Waals surface area contributed by atoms with Crippen LogP contribution >= 0.6 is 0 Å². The van der Waals surface area contributed by atoms with Crippen LogP contribution in [0.2, 0.25) is 0 Å². The number of nitrogens with zero attached hydrogens (tertiary/aromatic N) is 3. The van der Waals surface area contributed by atoms with Gasteiger partial charge in [0, 0.05) is 55.6 Å². The van der Waals surface area contributed by atoms with Crippen molar-refractivity contribution in [3.05, 3.63) is 114 Å². The van der Waals surface area contributed by atoms with Crippen LogP contribution in [0.25, 0.3) is 22.0 Å². The van der Waals surface area contributed by atoms with E-state index in [0.717, 1.165) is 27.1 Å². The Morgan fingerprint density at radius 2 is 1.60 bits per heavy atom. The number of unbranched alkanes of at least 4 members (excludes halogenated alkanes) is 1. The molecule has 1 fully saturated rings. The highest BCUT2D eigenvalue weighted by Gasteiger charge is 2.46. The summed E-state index contributed by atoms with van der Waals surface area (Å²) in [6.45, 7) is 0.216. The van der Waals surface area contributed by atoms with Crippen LogP contribution in [-0.2, 0) is 14.4 Å². The zero-order valence-electron chi connectivity index (χ0n) is 31.3.